The maximum absolute atomic E-state index is 12.2. The molecule has 6 aromatic rings. The fraction of sp³-hybridized carbons (Fsp3) is 0.278. The lowest BCUT2D eigenvalue weighted by molar-refractivity contribution is 0.178. The van der Waals surface area contributed by atoms with Crippen molar-refractivity contribution in [3.8, 4) is 22.5 Å². The van der Waals surface area contributed by atoms with Crippen LogP contribution in [0.1, 0.15) is 50.9 Å². The van der Waals surface area contributed by atoms with Crippen molar-refractivity contribution in [1.29, 1.82) is 0 Å². The number of hydrogen-bond donors (Lipinski definition) is 2. The summed E-state index contributed by atoms with van der Waals surface area (Å²) in [6, 6.07) is 23.3. The van der Waals surface area contributed by atoms with Crippen molar-refractivity contribution in [3.05, 3.63) is 114 Å². The Hall–Kier alpha value is -4.82. The maximum atomic E-state index is 12.2. The van der Waals surface area contributed by atoms with E-state index in [2.05, 4.69) is 63.1 Å². The lowest BCUT2D eigenvalue weighted by Crippen LogP contribution is -2.36. The Kier molecular flexibility index (Phi) is 9.82. The number of imidazole rings is 1. The van der Waals surface area contributed by atoms with Crippen LogP contribution in [-0.4, -0.2) is 47.7 Å². The first-order valence-electron chi connectivity index (χ1n) is 15.4. The number of allylic oxidation sites excluding steroid dienone is 1. The van der Waals surface area contributed by atoms with Gasteiger partial charge in [-0.15, -0.1) is 6.58 Å². The molecule has 1 aliphatic heterocycles. The SMILES string of the molecule is C=CC.CC.Cc1cn(C2CCN(Cc3ccc(-c4nc5cc6cn[nH]c6cc5nc4-c4ccccc4)cc3)CC2)c(=O)[nH]1. The van der Waals surface area contributed by atoms with Gasteiger partial charge >= 0.3 is 5.69 Å². The van der Waals surface area contributed by atoms with Crippen molar-refractivity contribution < 1.29 is 0 Å². The molecule has 1 aliphatic rings. The lowest BCUT2D eigenvalue weighted by atomic mass is 10.0. The molecule has 0 atom stereocenters. The number of benzene rings is 3. The number of aromatic amines is 2. The number of nitrogens with one attached hydrogen (secondary N) is 2. The molecule has 226 valence electrons. The van der Waals surface area contributed by atoms with Gasteiger partial charge in [0.1, 0.15) is 0 Å². The second kappa shape index (κ2) is 14.1. The molecule has 4 heterocycles. The van der Waals surface area contributed by atoms with Crippen LogP contribution in [-0.2, 0) is 6.54 Å². The summed E-state index contributed by atoms with van der Waals surface area (Å²) in [5.74, 6) is 0. The zero-order valence-corrected chi connectivity index (χ0v) is 26.0. The first-order chi connectivity index (χ1) is 21.5. The minimum atomic E-state index is 0.00221. The number of nitrogens with zero attached hydrogens (tertiary/aromatic N) is 5. The van der Waals surface area contributed by atoms with Gasteiger partial charge in [0, 0.05) is 54.1 Å². The number of piperidine rings is 1. The van der Waals surface area contributed by atoms with Gasteiger partial charge in [-0.3, -0.25) is 14.6 Å². The summed E-state index contributed by atoms with van der Waals surface area (Å²) in [7, 11) is 0. The van der Waals surface area contributed by atoms with Gasteiger partial charge in [-0.05, 0) is 44.4 Å². The number of aromatic nitrogens is 6. The third-order valence-electron chi connectivity index (χ3n) is 7.73. The van der Waals surface area contributed by atoms with Crippen molar-refractivity contribution in [2.45, 2.75) is 53.1 Å². The van der Waals surface area contributed by atoms with Gasteiger partial charge in [-0.1, -0.05) is 74.5 Å². The van der Waals surface area contributed by atoms with Crippen LogP contribution in [0.3, 0.4) is 0 Å². The summed E-state index contributed by atoms with van der Waals surface area (Å²) in [6.45, 7) is 14.0. The predicted octanol–water partition coefficient (Wildman–Crippen LogP) is 7.69. The van der Waals surface area contributed by atoms with E-state index in [1.165, 1.54) is 5.56 Å². The van der Waals surface area contributed by atoms with Crippen LogP contribution in [0, 0.1) is 6.92 Å². The number of likely N-dealkylation sites (tertiary alicyclic amines) is 1. The van der Waals surface area contributed by atoms with E-state index in [-0.39, 0.29) is 11.7 Å². The minimum absolute atomic E-state index is 0.00221. The van der Waals surface area contributed by atoms with Crippen molar-refractivity contribution in [1.82, 2.24) is 34.6 Å². The highest BCUT2D eigenvalue weighted by molar-refractivity contribution is 5.95. The van der Waals surface area contributed by atoms with Crippen LogP contribution in [0.5, 0.6) is 0 Å². The quantitative estimate of drug-likeness (QED) is 0.202. The van der Waals surface area contributed by atoms with Crippen LogP contribution in [0.4, 0.5) is 0 Å². The molecular formula is C36H41N7O. The van der Waals surface area contributed by atoms with Gasteiger partial charge in [-0.25, -0.2) is 14.8 Å². The predicted molar refractivity (Wildman–Crippen MR) is 181 cm³/mol. The molecule has 0 spiro atoms. The molecule has 1 fully saturated rings. The largest absolute Gasteiger partial charge is 0.325 e. The molecule has 3 aromatic heterocycles. The molecule has 0 bridgehead atoms. The molecule has 7 rings (SSSR count). The lowest BCUT2D eigenvalue weighted by Gasteiger charge is -2.32. The van der Waals surface area contributed by atoms with E-state index in [0.29, 0.717) is 0 Å². The Morgan fingerprint density at radius 1 is 0.932 bits per heavy atom. The van der Waals surface area contributed by atoms with E-state index in [0.717, 1.165) is 82.6 Å². The molecule has 0 radical (unpaired) electrons. The summed E-state index contributed by atoms with van der Waals surface area (Å²) in [4.78, 5) is 27.7. The molecule has 8 heteroatoms. The average molecular weight is 588 g/mol. The third-order valence-corrected chi connectivity index (χ3v) is 7.73. The van der Waals surface area contributed by atoms with E-state index < -0.39 is 0 Å². The van der Waals surface area contributed by atoms with E-state index in [4.69, 9.17) is 9.97 Å². The van der Waals surface area contributed by atoms with Crippen molar-refractivity contribution in [3.63, 3.8) is 0 Å². The van der Waals surface area contributed by atoms with Crippen molar-refractivity contribution in [2.75, 3.05) is 13.1 Å². The number of aryl methyl sites for hydroxylation is 1. The van der Waals surface area contributed by atoms with Gasteiger partial charge < -0.3 is 4.98 Å². The van der Waals surface area contributed by atoms with Gasteiger partial charge in [0.05, 0.1) is 34.1 Å². The number of fused-ring (bicyclic) bond motifs is 2. The highest BCUT2D eigenvalue weighted by Gasteiger charge is 2.22. The zero-order chi connectivity index (χ0) is 31.1. The van der Waals surface area contributed by atoms with E-state index in [9.17, 15) is 4.79 Å². The van der Waals surface area contributed by atoms with Gasteiger partial charge in [0.25, 0.3) is 0 Å². The first-order valence-corrected chi connectivity index (χ1v) is 15.4. The monoisotopic (exact) mass is 587 g/mol. The van der Waals surface area contributed by atoms with E-state index >= 15 is 0 Å². The van der Waals surface area contributed by atoms with Crippen molar-refractivity contribution >= 4 is 21.9 Å². The molecular weight excluding hydrogens is 546 g/mol. The Labute approximate surface area is 258 Å². The average Bonchev–Trinajstić information content (AvgIpc) is 3.66. The standard InChI is InChI=1S/C31H29N7O.C3H6.C2H6/c1-20-18-38(31(39)33-20)25-11-13-37(14-12-25)19-21-7-9-23(10-8-21)30-29(22-5-3-2-4-6-22)35-28-16-26-24(17-32-36-26)15-27(28)34-30;1-3-2;1-2/h2-10,15-18,25H,11-14,19H2,1H3,(H,32,36)(H,33,39);3H,1H2,2H3;1-2H3. The second-order valence-electron chi connectivity index (χ2n) is 10.8. The van der Waals surface area contributed by atoms with Gasteiger partial charge in [0.15, 0.2) is 0 Å². The second-order valence-corrected chi connectivity index (χ2v) is 10.8. The topological polar surface area (TPSA) is 95.5 Å². The summed E-state index contributed by atoms with van der Waals surface area (Å²) >= 11 is 0. The molecule has 2 N–H and O–H groups in total. The maximum Gasteiger partial charge on any atom is 0.325 e. The number of H-pyrrole nitrogens is 2. The summed E-state index contributed by atoms with van der Waals surface area (Å²) < 4.78 is 1.87. The number of rotatable bonds is 5. The summed E-state index contributed by atoms with van der Waals surface area (Å²) in [6.07, 6.45) is 7.47. The highest BCUT2D eigenvalue weighted by Crippen LogP contribution is 2.32. The first kappa shape index (κ1) is 30.6. The number of hydrogen-bond acceptors (Lipinski definition) is 5. The van der Waals surface area contributed by atoms with Crippen LogP contribution in [0.15, 0.2) is 96.6 Å². The minimum Gasteiger partial charge on any atom is -0.310 e. The Morgan fingerprint density at radius 3 is 2.16 bits per heavy atom. The molecule has 0 saturated carbocycles. The molecule has 1 saturated heterocycles. The fourth-order valence-corrected chi connectivity index (χ4v) is 5.68. The van der Waals surface area contributed by atoms with Gasteiger partial charge in [-0.2, -0.15) is 5.10 Å². The fourth-order valence-electron chi connectivity index (χ4n) is 5.68. The van der Waals surface area contributed by atoms with Gasteiger partial charge in [0.2, 0.25) is 0 Å². The molecule has 0 unspecified atom stereocenters. The van der Waals surface area contributed by atoms with Crippen LogP contribution in [0.25, 0.3) is 44.5 Å². The smallest absolute Gasteiger partial charge is 0.310 e. The molecule has 0 aliphatic carbocycles. The third kappa shape index (κ3) is 6.71. The molecule has 8 nitrogen and oxygen atoms in total. The van der Waals surface area contributed by atoms with E-state index in [1.807, 2.05) is 75.0 Å². The summed E-state index contributed by atoms with van der Waals surface area (Å²) in [5.41, 5.74) is 8.65. The van der Waals surface area contributed by atoms with Crippen molar-refractivity contribution in [2.24, 2.45) is 0 Å². The highest BCUT2D eigenvalue weighted by atomic mass is 16.1. The van der Waals surface area contributed by atoms with E-state index in [1.54, 1.807) is 6.08 Å². The van der Waals surface area contributed by atoms with Crippen LogP contribution >= 0.6 is 0 Å². The molecule has 0 amide bonds. The normalized spacial score (nSPS) is 13.6. The van der Waals surface area contributed by atoms with Crippen LogP contribution in [0.2, 0.25) is 0 Å². The Morgan fingerprint density at radius 2 is 1.55 bits per heavy atom. The molecule has 3 aromatic carbocycles. The Balaban J connectivity index is 0.000000726. The summed E-state index contributed by atoms with van der Waals surface area (Å²) in [5, 5.41) is 8.22. The Bertz CT molecular complexity index is 1880. The zero-order valence-electron chi connectivity index (χ0n) is 26.0. The molecule has 44 heavy (non-hydrogen) atoms. The van der Waals surface area contributed by atoms with Crippen LogP contribution < -0.4 is 5.69 Å².